The minimum Gasteiger partial charge on any atom is -0.337 e. The second-order valence-electron chi connectivity index (χ2n) is 8.63. The fourth-order valence-corrected chi connectivity index (χ4v) is 4.32. The van der Waals surface area contributed by atoms with Crippen molar-refractivity contribution in [2.45, 2.75) is 38.3 Å². The van der Waals surface area contributed by atoms with Crippen LogP contribution in [-0.2, 0) is 27.3 Å². The van der Waals surface area contributed by atoms with E-state index in [4.69, 9.17) is 11.6 Å². The lowest BCUT2D eigenvalue weighted by atomic mass is 9.93. The molecule has 2 aromatic rings. The van der Waals surface area contributed by atoms with E-state index in [1.165, 1.54) is 0 Å². The molecule has 0 unspecified atom stereocenters. The molecule has 0 spiro atoms. The molecule has 0 bridgehead atoms. The number of aryl methyl sites for hydroxylation is 1. The van der Waals surface area contributed by atoms with Crippen molar-refractivity contribution in [3.8, 4) is 0 Å². The second kappa shape index (κ2) is 9.23. The molecule has 2 atom stereocenters. The number of rotatable bonds is 7. The average molecular weight is 469 g/mol. The van der Waals surface area contributed by atoms with Crippen molar-refractivity contribution >= 4 is 35.4 Å². The van der Waals surface area contributed by atoms with E-state index in [1.54, 1.807) is 24.0 Å². The predicted octanol–water partition coefficient (Wildman–Crippen LogP) is 2.66. The Kier molecular flexibility index (Phi) is 6.37. The highest BCUT2D eigenvalue weighted by molar-refractivity contribution is 6.31. The standard InChI is InChI=1S/C24H25ClN4O4/c1-24(12-11-16-7-3-2-4-8-16)22(32)29(23(33)26-24)27-21(31)18-13-20(30)28(15-18)14-17-9-5-6-10-19(17)25/h2-10,18H,11-15H2,1H3,(H,26,33)(H,27,31)/t18-,24-/m1/s1. The number of carbonyl (C=O) groups is 4. The smallest absolute Gasteiger partial charge is 0.337 e. The lowest BCUT2D eigenvalue weighted by Crippen LogP contribution is -2.50. The SMILES string of the molecule is C[C@]1(CCc2ccccc2)NC(=O)N(NC(=O)[C@@H]2CC(=O)N(Cc3ccccc3Cl)C2)C1=O. The summed E-state index contributed by atoms with van der Waals surface area (Å²) in [5.74, 6) is -1.91. The van der Waals surface area contributed by atoms with Gasteiger partial charge in [0.1, 0.15) is 5.54 Å². The molecule has 2 heterocycles. The number of likely N-dealkylation sites (tertiary alicyclic amines) is 1. The lowest BCUT2D eigenvalue weighted by Gasteiger charge is -2.22. The van der Waals surface area contributed by atoms with Gasteiger partial charge in [-0.2, -0.15) is 5.01 Å². The third-order valence-electron chi connectivity index (χ3n) is 6.14. The zero-order valence-corrected chi connectivity index (χ0v) is 19.0. The molecular weight excluding hydrogens is 444 g/mol. The van der Waals surface area contributed by atoms with Crippen molar-refractivity contribution in [3.63, 3.8) is 0 Å². The zero-order valence-electron chi connectivity index (χ0n) is 18.2. The number of hydrazine groups is 1. The number of imide groups is 1. The molecule has 0 aromatic heterocycles. The first kappa shape index (κ1) is 22.8. The molecule has 2 aliphatic heterocycles. The van der Waals surface area contributed by atoms with Crippen molar-refractivity contribution in [3.05, 3.63) is 70.7 Å². The van der Waals surface area contributed by atoms with E-state index in [-0.39, 0.29) is 18.9 Å². The molecular formula is C24H25ClN4O4. The van der Waals surface area contributed by atoms with Gasteiger partial charge in [-0.25, -0.2) is 4.79 Å². The van der Waals surface area contributed by atoms with E-state index in [9.17, 15) is 19.2 Å². The normalized spacial score (nSPS) is 22.6. The zero-order chi connectivity index (χ0) is 23.6. The van der Waals surface area contributed by atoms with E-state index in [0.29, 0.717) is 24.4 Å². The highest BCUT2D eigenvalue weighted by atomic mass is 35.5. The van der Waals surface area contributed by atoms with Crippen LogP contribution in [0.5, 0.6) is 0 Å². The molecule has 0 aliphatic carbocycles. The molecule has 2 N–H and O–H groups in total. The van der Waals surface area contributed by atoms with Crippen LogP contribution in [-0.4, -0.2) is 45.7 Å². The molecule has 2 aliphatic rings. The fraction of sp³-hybridized carbons (Fsp3) is 0.333. The summed E-state index contributed by atoms with van der Waals surface area (Å²) in [6, 6.07) is 16.2. The highest BCUT2D eigenvalue weighted by Crippen LogP contribution is 2.25. The molecule has 8 nitrogen and oxygen atoms in total. The molecule has 172 valence electrons. The van der Waals surface area contributed by atoms with E-state index in [2.05, 4.69) is 10.7 Å². The third-order valence-corrected chi connectivity index (χ3v) is 6.51. The van der Waals surface area contributed by atoms with E-state index in [0.717, 1.165) is 16.1 Å². The van der Waals surface area contributed by atoms with Crippen LogP contribution < -0.4 is 10.7 Å². The maximum Gasteiger partial charge on any atom is 0.344 e. The first-order valence-corrected chi connectivity index (χ1v) is 11.2. The summed E-state index contributed by atoms with van der Waals surface area (Å²) in [6.07, 6.45) is 0.992. The van der Waals surface area contributed by atoms with E-state index >= 15 is 0 Å². The molecule has 5 amide bonds. The van der Waals surface area contributed by atoms with Gasteiger partial charge in [0.15, 0.2) is 0 Å². The summed E-state index contributed by atoms with van der Waals surface area (Å²) in [7, 11) is 0. The Hall–Kier alpha value is -3.39. The Morgan fingerprint density at radius 3 is 2.55 bits per heavy atom. The summed E-state index contributed by atoms with van der Waals surface area (Å²) < 4.78 is 0. The van der Waals surface area contributed by atoms with E-state index in [1.807, 2.05) is 42.5 Å². The van der Waals surface area contributed by atoms with Crippen LogP contribution in [0.1, 0.15) is 30.9 Å². The maximum atomic E-state index is 13.0. The van der Waals surface area contributed by atoms with Gasteiger partial charge in [0.25, 0.3) is 5.91 Å². The van der Waals surface area contributed by atoms with Gasteiger partial charge >= 0.3 is 6.03 Å². The Labute approximate surface area is 196 Å². The molecule has 33 heavy (non-hydrogen) atoms. The van der Waals surface area contributed by atoms with Gasteiger partial charge in [-0.3, -0.25) is 19.8 Å². The number of hydrogen-bond donors (Lipinski definition) is 2. The van der Waals surface area contributed by atoms with Crippen LogP contribution in [0.2, 0.25) is 5.02 Å². The number of benzene rings is 2. The van der Waals surface area contributed by atoms with Crippen molar-refractivity contribution in [2.75, 3.05) is 6.54 Å². The summed E-state index contributed by atoms with van der Waals surface area (Å²) >= 11 is 6.18. The maximum absolute atomic E-state index is 13.0. The quantitative estimate of drug-likeness (QED) is 0.610. The molecule has 2 fully saturated rings. The van der Waals surface area contributed by atoms with Gasteiger partial charge in [-0.1, -0.05) is 60.1 Å². The lowest BCUT2D eigenvalue weighted by molar-refractivity contribution is -0.140. The van der Waals surface area contributed by atoms with Gasteiger partial charge in [0.05, 0.1) is 5.92 Å². The molecule has 9 heteroatoms. The molecule has 4 rings (SSSR count). The van der Waals surface area contributed by atoms with Crippen LogP contribution >= 0.6 is 11.6 Å². The van der Waals surface area contributed by atoms with Gasteiger partial charge in [-0.05, 0) is 37.0 Å². The minimum absolute atomic E-state index is 0.00517. The molecule has 2 saturated heterocycles. The van der Waals surface area contributed by atoms with Gasteiger partial charge < -0.3 is 10.2 Å². The summed E-state index contributed by atoms with van der Waals surface area (Å²) in [5, 5.41) is 3.96. The summed E-state index contributed by atoms with van der Waals surface area (Å²) in [5.41, 5.74) is 3.13. The van der Waals surface area contributed by atoms with Gasteiger partial charge in [0, 0.05) is 24.5 Å². The number of urea groups is 1. The average Bonchev–Trinajstić information content (AvgIpc) is 3.27. The minimum atomic E-state index is -1.12. The Balaban J connectivity index is 1.36. The first-order chi connectivity index (χ1) is 15.8. The van der Waals surface area contributed by atoms with Crippen molar-refractivity contribution in [1.82, 2.24) is 20.7 Å². The van der Waals surface area contributed by atoms with Crippen molar-refractivity contribution < 1.29 is 19.2 Å². The number of carbonyl (C=O) groups excluding carboxylic acids is 4. The number of amides is 5. The van der Waals surface area contributed by atoms with Crippen molar-refractivity contribution in [2.24, 2.45) is 5.92 Å². The number of nitrogens with zero attached hydrogens (tertiary/aromatic N) is 2. The van der Waals surface area contributed by atoms with Gasteiger partial charge in [-0.15, -0.1) is 0 Å². The Morgan fingerprint density at radius 1 is 1.12 bits per heavy atom. The highest BCUT2D eigenvalue weighted by Gasteiger charge is 2.49. The molecule has 0 saturated carbocycles. The second-order valence-corrected chi connectivity index (χ2v) is 9.04. The Bertz CT molecular complexity index is 1090. The van der Waals surface area contributed by atoms with Crippen LogP contribution in [0, 0.1) is 5.92 Å². The fourth-order valence-electron chi connectivity index (χ4n) is 4.13. The Morgan fingerprint density at radius 2 is 1.82 bits per heavy atom. The van der Waals surface area contributed by atoms with Crippen molar-refractivity contribution in [1.29, 1.82) is 0 Å². The number of halogens is 1. The monoisotopic (exact) mass is 468 g/mol. The van der Waals surface area contributed by atoms with Crippen LogP contribution in [0.25, 0.3) is 0 Å². The number of hydrogen-bond acceptors (Lipinski definition) is 4. The van der Waals surface area contributed by atoms with E-state index < -0.39 is 29.3 Å². The summed E-state index contributed by atoms with van der Waals surface area (Å²) in [4.78, 5) is 52.2. The first-order valence-electron chi connectivity index (χ1n) is 10.8. The van der Waals surface area contributed by atoms with Crippen LogP contribution in [0.3, 0.4) is 0 Å². The third kappa shape index (κ3) is 4.85. The number of nitrogens with one attached hydrogen (secondary N) is 2. The topological polar surface area (TPSA) is 98.8 Å². The summed E-state index contributed by atoms with van der Waals surface area (Å²) in [6.45, 7) is 2.13. The van der Waals surface area contributed by atoms with Crippen LogP contribution in [0.4, 0.5) is 4.79 Å². The van der Waals surface area contributed by atoms with Gasteiger partial charge in [0.2, 0.25) is 11.8 Å². The van der Waals surface area contributed by atoms with Crippen LogP contribution in [0.15, 0.2) is 54.6 Å². The largest absolute Gasteiger partial charge is 0.344 e. The predicted molar refractivity (Wildman–Crippen MR) is 122 cm³/mol. The molecule has 2 aromatic carbocycles. The molecule has 0 radical (unpaired) electrons.